The Bertz CT molecular complexity index is 481. The standard InChI is InChI=1S/C15H21BrN2O/c1-15(2,3)18-13(19)8-7-12(17)14(18)10-5-4-6-11(16)9-10/h4-6,9,12,14H,7-8,17H2,1-3H3. The minimum Gasteiger partial charge on any atom is -0.329 e. The lowest BCUT2D eigenvalue weighted by Gasteiger charge is -2.47. The number of carbonyl (C=O) groups excluding carboxylic acids is 1. The molecule has 0 saturated carbocycles. The molecule has 0 aromatic heterocycles. The molecule has 3 nitrogen and oxygen atoms in total. The van der Waals surface area contributed by atoms with Crippen LogP contribution in [-0.2, 0) is 4.79 Å². The monoisotopic (exact) mass is 324 g/mol. The highest BCUT2D eigenvalue weighted by Gasteiger charge is 2.40. The van der Waals surface area contributed by atoms with Gasteiger partial charge in [0.25, 0.3) is 0 Å². The second kappa shape index (κ2) is 5.25. The molecule has 0 spiro atoms. The van der Waals surface area contributed by atoms with E-state index in [1.807, 2.05) is 23.1 Å². The largest absolute Gasteiger partial charge is 0.329 e. The summed E-state index contributed by atoms with van der Waals surface area (Å²) < 4.78 is 1.02. The summed E-state index contributed by atoms with van der Waals surface area (Å²) in [5.74, 6) is 0.194. The molecule has 2 N–H and O–H groups in total. The third-order valence-corrected chi connectivity index (χ3v) is 4.05. The number of nitrogens with two attached hydrogens (primary N) is 1. The van der Waals surface area contributed by atoms with Gasteiger partial charge in [0.05, 0.1) is 6.04 Å². The summed E-state index contributed by atoms with van der Waals surface area (Å²) in [4.78, 5) is 14.3. The lowest BCUT2D eigenvalue weighted by molar-refractivity contribution is -0.144. The van der Waals surface area contributed by atoms with Crippen LogP contribution in [0.15, 0.2) is 28.7 Å². The molecule has 1 saturated heterocycles. The summed E-state index contributed by atoms with van der Waals surface area (Å²) in [5.41, 5.74) is 7.18. The molecule has 2 rings (SSSR count). The fraction of sp³-hybridized carbons (Fsp3) is 0.533. The predicted octanol–water partition coefficient (Wildman–Crippen LogP) is 3.24. The Balaban J connectivity index is 2.45. The molecule has 2 atom stereocenters. The lowest BCUT2D eigenvalue weighted by Crippen LogP contribution is -2.56. The summed E-state index contributed by atoms with van der Waals surface area (Å²) in [5, 5.41) is 0. The highest BCUT2D eigenvalue weighted by molar-refractivity contribution is 9.10. The average molecular weight is 325 g/mol. The van der Waals surface area contributed by atoms with Gasteiger partial charge in [0.15, 0.2) is 0 Å². The number of hydrogen-bond acceptors (Lipinski definition) is 2. The van der Waals surface area contributed by atoms with Crippen molar-refractivity contribution in [3.05, 3.63) is 34.3 Å². The summed E-state index contributed by atoms with van der Waals surface area (Å²) in [6, 6.07) is 8.03. The molecular weight excluding hydrogens is 304 g/mol. The van der Waals surface area contributed by atoms with Crippen LogP contribution in [0.2, 0.25) is 0 Å². The van der Waals surface area contributed by atoms with Gasteiger partial charge in [-0.05, 0) is 44.9 Å². The van der Waals surface area contributed by atoms with Crippen LogP contribution >= 0.6 is 15.9 Å². The smallest absolute Gasteiger partial charge is 0.223 e. The summed E-state index contributed by atoms with van der Waals surface area (Å²) in [7, 11) is 0. The Morgan fingerprint density at radius 3 is 2.63 bits per heavy atom. The first kappa shape index (κ1) is 14.5. The van der Waals surface area contributed by atoms with E-state index in [0.29, 0.717) is 6.42 Å². The van der Waals surface area contributed by atoms with Gasteiger partial charge in [0.2, 0.25) is 5.91 Å². The second-order valence-corrected chi connectivity index (χ2v) is 7.05. The predicted molar refractivity (Wildman–Crippen MR) is 80.7 cm³/mol. The van der Waals surface area contributed by atoms with E-state index in [2.05, 4.69) is 42.8 Å². The summed E-state index contributed by atoms with van der Waals surface area (Å²) >= 11 is 3.49. The Morgan fingerprint density at radius 1 is 1.37 bits per heavy atom. The van der Waals surface area contributed by atoms with E-state index in [-0.39, 0.29) is 23.5 Å². The first-order valence-corrected chi connectivity index (χ1v) is 7.43. The van der Waals surface area contributed by atoms with Gasteiger partial charge in [-0.25, -0.2) is 0 Å². The topological polar surface area (TPSA) is 46.3 Å². The van der Waals surface area contributed by atoms with Gasteiger partial charge >= 0.3 is 0 Å². The Morgan fingerprint density at radius 2 is 2.05 bits per heavy atom. The van der Waals surface area contributed by atoms with Crippen LogP contribution in [0, 0.1) is 0 Å². The summed E-state index contributed by atoms with van der Waals surface area (Å²) in [6.07, 6.45) is 1.30. The number of piperidine rings is 1. The van der Waals surface area contributed by atoms with E-state index in [9.17, 15) is 4.79 Å². The molecule has 1 aliphatic rings. The Hall–Kier alpha value is -0.870. The van der Waals surface area contributed by atoms with E-state index < -0.39 is 0 Å². The van der Waals surface area contributed by atoms with Gasteiger partial charge in [-0.1, -0.05) is 28.1 Å². The molecule has 1 fully saturated rings. The molecule has 1 aromatic carbocycles. The minimum absolute atomic E-state index is 0.00813. The van der Waals surface area contributed by atoms with E-state index in [1.165, 1.54) is 0 Å². The molecule has 2 unspecified atom stereocenters. The molecule has 1 heterocycles. The third kappa shape index (κ3) is 3.00. The quantitative estimate of drug-likeness (QED) is 0.862. The highest BCUT2D eigenvalue weighted by atomic mass is 79.9. The number of nitrogens with zero attached hydrogens (tertiary/aromatic N) is 1. The zero-order valence-electron chi connectivity index (χ0n) is 11.7. The minimum atomic E-state index is -0.220. The molecule has 1 aliphatic heterocycles. The number of rotatable bonds is 1. The number of halogens is 1. The SMILES string of the molecule is CC(C)(C)N1C(=O)CCC(N)C1c1cccc(Br)c1. The third-order valence-electron chi connectivity index (χ3n) is 3.56. The number of hydrogen-bond donors (Lipinski definition) is 1. The molecule has 4 heteroatoms. The first-order chi connectivity index (χ1) is 8.80. The van der Waals surface area contributed by atoms with Crippen LogP contribution in [0.4, 0.5) is 0 Å². The van der Waals surface area contributed by atoms with Gasteiger partial charge in [-0.3, -0.25) is 4.79 Å². The van der Waals surface area contributed by atoms with Crippen molar-refractivity contribution in [2.75, 3.05) is 0 Å². The number of carbonyl (C=O) groups is 1. The van der Waals surface area contributed by atoms with Crippen LogP contribution < -0.4 is 5.73 Å². The fourth-order valence-electron chi connectivity index (χ4n) is 2.79. The molecule has 0 bridgehead atoms. The van der Waals surface area contributed by atoms with Crippen LogP contribution in [0.5, 0.6) is 0 Å². The Labute approximate surface area is 123 Å². The molecule has 0 aliphatic carbocycles. The second-order valence-electron chi connectivity index (χ2n) is 6.14. The van der Waals surface area contributed by atoms with Crippen LogP contribution in [-0.4, -0.2) is 22.4 Å². The van der Waals surface area contributed by atoms with Crippen molar-refractivity contribution in [1.29, 1.82) is 0 Å². The van der Waals surface area contributed by atoms with E-state index in [0.717, 1.165) is 16.5 Å². The van der Waals surface area contributed by atoms with Gasteiger partial charge in [-0.15, -0.1) is 0 Å². The molecule has 1 amide bonds. The number of likely N-dealkylation sites (tertiary alicyclic amines) is 1. The zero-order chi connectivity index (χ0) is 14.2. The van der Waals surface area contributed by atoms with Crippen molar-refractivity contribution in [1.82, 2.24) is 4.90 Å². The number of benzene rings is 1. The maximum Gasteiger partial charge on any atom is 0.223 e. The molecule has 104 valence electrons. The van der Waals surface area contributed by atoms with Crippen molar-refractivity contribution in [3.8, 4) is 0 Å². The molecule has 19 heavy (non-hydrogen) atoms. The number of amides is 1. The van der Waals surface area contributed by atoms with Gasteiger partial charge in [0, 0.05) is 22.5 Å². The molecular formula is C15H21BrN2O. The van der Waals surface area contributed by atoms with Crippen molar-refractivity contribution in [2.45, 2.75) is 51.2 Å². The zero-order valence-corrected chi connectivity index (χ0v) is 13.3. The fourth-order valence-corrected chi connectivity index (χ4v) is 3.21. The molecule has 1 aromatic rings. The maximum atomic E-state index is 12.3. The first-order valence-electron chi connectivity index (χ1n) is 6.64. The van der Waals surface area contributed by atoms with Crippen LogP contribution in [0.1, 0.15) is 45.2 Å². The van der Waals surface area contributed by atoms with Crippen LogP contribution in [0.3, 0.4) is 0 Å². The van der Waals surface area contributed by atoms with Crippen LogP contribution in [0.25, 0.3) is 0 Å². The lowest BCUT2D eigenvalue weighted by atomic mass is 9.86. The van der Waals surface area contributed by atoms with Gasteiger partial charge in [0.1, 0.15) is 0 Å². The van der Waals surface area contributed by atoms with Gasteiger partial charge in [-0.2, -0.15) is 0 Å². The Kier molecular flexibility index (Phi) is 4.02. The highest BCUT2D eigenvalue weighted by Crippen LogP contribution is 2.36. The average Bonchev–Trinajstić information content (AvgIpc) is 2.30. The normalized spacial score (nSPS) is 24.7. The summed E-state index contributed by atoms with van der Waals surface area (Å²) in [6.45, 7) is 6.19. The molecule has 0 radical (unpaired) electrons. The van der Waals surface area contributed by atoms with Crippen molar-refractivity contribution < 1.29 is 4.79 Å². The maximum absolute atomic E-state index is 12.3. The van der Waals surface area contributed by atoms with E-state index in [1.54, 1.807) is 0 Å². The van der Waals surface area contributed by atoms with Gasteiger partial charge < -0.3 is 10.6 Å². The van der Waals surface area contributed by atoms with E-state index >= 15 is 0 Å². The van der Waals surface area contributed by atoms with Crippen molar-refractivity contribution >= 4 is 21.8 Å². The van der Waals surface area contributed by atoms with Crippen molar-refractivity contribution in [3.63, 3.8) is 0 Å². The van der Waals surface area contributed by atoms with Crippen molar-refractivity contribution in [2.24, 2.45) is 5.73 Å². The van der Waals surface area contributed by atoms with E-state index in [4.69, 9.17) is 5.73 Å².